The molecule has 0 radical (unpaired) electrons. The van der Waals surface area contributed by atoms with Gasteiger partial charge in [-0.1, -0.05) is 30.3 Å². The first kappa shape index (κ1) is 16.6. The van der Waals surface area contributed by atoms with E-state index in [2.05, 4.69) is 38.4 Å². The molecule has 0 bridgehead atoms. The third kappa shape index (κ3) is 9.81. The first-order valence-corrected chi connectivity index (χ1v) is 5.94. The van der Waals surface area contributed by atoms with Crippen molar-refractivity contribution in [1.82, 2.24) is 0 Å². The Morgan fingerprint density at radius 3 is 2.17 bits per heavy atom. The fourth-order valence-corrected chi connectivity index (χ4v) is 1.86. The Morgan fingerprint density at radius 1 is 1.33 bits per heavy atom. The molecule has 0 saturated heterocycles. The third-order valence-corrected chi connectivity index (χ3v) is 2.21. The van der Waals surface area contributed by atoms with E-state index in [-0.39, 0.29) is 6.10 Å². The number of aliphatic carboxylic acids is 1. The van der Waals surface area contributed by atoms with E-state index in [1.54, 1.807) is 0 Å². The van der Waals surface area contributed by atoms with Crippen molar-refractivity contribution in [3.05, 3.63) is 35.9 Å². The van der Waals surface area contributed by atoms with Crippen LogP contribution >= 0.6 is 0 Å². The van der Waals surface area contributed by atoms with Gasteiger partial charge in [0.25, 0.3) is 0 Å². The van der Waals surface area contributed by atoms with Gasteiger partial charge >= 0.3 is 0 Å². The lowest BCUT2D eigenvalue weighted by Crippen LogP contribution is -2.43. The largest absolute Gasteiger partial charge is 0.550 e. The minimum Gasteiger partial charge on any atom is -0.550 e. The van der Waals surface area contributed by atoms with Crippen molar-refractivity contribution in [2.75, 3.05) is 20.6 Å². The van der Waals surface area contributed by atoms with Gasteiger partial charge in [-0.05, 0) is 13.8 Å². The zero-order chi connectivity index (χ0) is 14.2. The van der Waals surface area contributed by atoms with Gasteiger partial charge in [-0.15, -0.1) is 0 Å². The van der Waals surface area contributed by atoms with Crippen molar-refractivity contribution < 1.29 is 19.5 Å². The number of carbonyl (C=O) groups is 1. The molecule has 1 aromatic carbocycles. The first-order valence-electron chi connectivity index (χ1n) is 5.94. The second kappa shape index (κ2) is 7.84. The summed E-state index contributed by atoms with van der Waals surface area (Å²) in [5, 5.41) is 18.2. The van der Waals surface area contributed by atoms with Crippen molar-refractivity contribution in [2.45, 2.75) is 26.5 Å². The lowest BCUT2D eigenvalue weighted by molar-refractivity contribution is -0.906. The summed E-state index contributed by atoms with van der Waals surface area (Å²) in [5.41, 5.74) is 1.32. The summed E-state index contributed by atoms with van der Waals surface area (Å²) in [4.78, 5) is 8.89. The molecule has 1 rings (SSSR count). The maximum atomic E-state index is 9.35. The molecule has 0 spiro atoms. The van der Waals surface area contributed by atoms with Crippen molar-refractivity contribution in [2.24, 2.45) is 0 Å². The van der Waals surface area contributed by atoms with Crippen LogP contribution in [-0.4, -0.2) is 42.3 Å². The van der Waals surface area contributed by atoms with Gasteiger partial charge in [-0.25, -0.2) is 0 Å². The molecule has 4 heteroatoms. The van der Waals surface area contributed by atoms with Gasteiger partial charge in [0.1, 0.15) is 19.2 Å². The van der Waals surface area contributed by atoms with E-state index in [1.165, 1.54) is 5.56 Å². The van der Waals surface area contributed by atoms with Crippen LogP contribution in [0.4, 0.5) is 0 Å². The third-order valence-electron chi connectivity index (χ3n) is 2.21. The molecule has 18 heavy (non-hydrogen) atoms. The standard InChI is InChI=1S/C12H20NO.C2H4O2/c1-11(14)9-13(2,3)10-12-7-5-4-6-8-12;1-2(3)4/h4-8,11,14H,9-10H2,1-3H3;1H3,(H,3,4)/q+1;/p-1. The smallest absolute Gasteiger partial charge is 0.105 e. The van der Waals surface area contributed by atoms with Crippen LogP contribution in [0.15, 0.2) is 30.3 Å². The Bertz CT molecular complexity index is 343. The molecule has 1 atom stereocenters. The van der Waals surface area contributed by atoms with Crippen LogP contribution < -0.4 is 5.11 Å². The van der Waals surface area contributed by atoms with Crippen LogP contribution in [0.5, 0.6) is 0 Å². The summed E-state index contributed by atoms with van der Waals surface area (Å²) < 4.78 is 0.821. The number of quaternary nitrogens is 1. The Labute approximate surface area is 109 Å². The first-order chi connectivity index (χ1) is 8.23. The number of aliphatic hydroxyl groups is 1. The number of benzene rings is 1. The molecule has 0 aromatic heterocycles. The zero-order valence-corrected chi connectivity index (χ0v) is 11.6. The highest BCUT2D eigenvalue weighted by Crippen LogP contribution is 2.09. The molecule has 0 aliphatic carbocycles. The topological polar surface area (TPSA) is 60.4 Å². The Balaban J connectivity index is 0.000000631. The van der Waals surface area contributed by atoms with Gasteiger partial charge in [-0.2, -0.15) is 0 Å². The molecular weight excluding hydrogens is 230 g/mol. The van der Waals surface area contributed by atoms with Gasteiger partial charge in [0.05, 0.1) is 14.1 Å². The van der Waals surface area contributed by atoms with Crippen LogP contribution in [0.2, 0.25) is 0 Å². The van der Waals surface area contributed by atoms with Gasteiger partial charge < -0.3 is 19.5 Å². The van der Waals surface area contributed by atoms with Gasteiger partial charge in [0.2, 0.25) is 0 Å². The molecule has 1 aromatic rings. The number of carbonyl (C=O) groups excluding carboxylic acids is 1. The lowest BCUT2D eigenvalue weighted by atomic mass is 10.2. The number of aliphatic hydroxyl groups excluding tert-OH is 1. The molecule has 1 unspecified atom stereocenters. The Hall–Kier alpha value is -1.39. The van der Waals surface area contributed by atoms with E-state index in [0.29, 0.717) is 0 Å². The second-order valence-corrected chi connectivity index (χ2v) is 5.10. The van der Waals surface area contributed by atoms with E-state index in [9.17, 15) is 5.11 Å². The molecular formula is C14H23NO3. The molecule has 0 aliphatic heterocycles. The molecule has 0 heterocycles. The van der Waals surface area contributed by atoms with Crippen LogP contribution in [0.25, 0.3) is 0 Å². The van der Waals surface area contributed by atoms with Gasteiger partial charge in [-0.3, -0.25) is 0 Å². The van der Waals surface area contributed by atoms with E-state index < -0.39 is 5.97 Å². The van der Waals surface area contributed by atoms with Gasteiger partial charge in [0.15, 0.2) is 0 Å². The van der Waals surface area contributed by atoms with Crippen molar-refractivity contribution in [3.63, 3.8) is 0 Å². The quantitative estimate of drug-likeness (QED) is 0.790. The number of hydrogen-bond acceptors (Lipinski definition) is 3. The average Bonchev–Trinajstić information content (AvgIpc) is 2.14. The fraction of sp³-hybridized carbons (Fsp3) is 0.500. The molecule has 102 valence electrons. The molecule has 0 amide bonds. The predicted molar refractivity (Wildman–Crippen MR) is 69.5 cm³/mol. The monoisotopic (exact) mass is 253 g/mol. The maximum absolute atomic E-state index is 9.35. The van der Waals surface area contributed by atoms with E-state index in [1.807, 2.05) is 13.0 Å². The molecule has 0 saturated carbocycles. The number of hydrogen-bond donors (Lipinski definition) is 1. The van der Waals surface area contributed by atoms with Crippen molar-refractivity contribution in [1.29, 1.82) is 0 Å². The van der Waals surface area contributed by atoms with E-state index >= 15 is 0 Å². The summed E-state index contributed by atoms with van der Waals surface area (Å²) >= 11 is 0. The summed E-state index contributed by atoms with van der Waals surface area (Å²) in [7, 11) is 4.28. The van der Waals surface area contributed by atoms with Crippen molar-refractivity contribution >= 4 is 5.97 Å². The van der Waals surface area contributed by atoms with Crippen molar-refractivity contribution in [3.8, 4) is 0 Å². The van der Waals surface area contributed by atoms with Crippen LogP contribution in [-0.2, 0) is 11.3 Å². The molecule has 0 fully saturated rings. The van der Waals surface area contributed by atoms with E-state index in [4.69, 9.17) is 9.90 Å². The summed E-state index contributed by atoms with van der Waals surface area (Å²) in [6.45, 7) is 4.56. The molecule has 1 N–H and O–H groups in total. The highest BCUT2D eigenvalue weighted by Gasteiger charge is 2.17. The Morgan fingerprint density at radius 2 is 1.78 bits per heavy atom. The summed E-state index contributed by atoms with van der Waals surface area (Å²) in [5.74, 6) is -1.08. The zero-order valence-electron chi connectivity index (χ0n) is 11.6. The number of carboxylic acid groups (broad SMARTS) is 1. The number of rotatable bonds is 4. The predicted octanol–water partition coefficient (Wildman–Crippen LogP) is 0.400. The number of likely N-dealkylation sites (N-methyl/N-ethyl adjacent to an activating group) is 1. The second-order valence-electron chi connectivity index (χ2n) is 5.10. The fourth-order valence-electron chi connectivity index (χ4n) is 1.86. The van der Waals surface area contributed by atoms with Gasteiger partial charge in [0, 0.05) is 11.5 Å². The van der Waals surface area contributed by atoms with Crippen LogP contribution in [0.3, 0.4) is 0 Å². The average molecular weight is 253 g/mol. The highest BCUT2D eigenvalue weighted by atomic mass is 16.4. The molecule has 0 aliphatic rings. The normalized spacial score (nSPS) is 12.3. The van der Waals surface area contributed by atoms with Crippen LogP contribution in [0.1, 0.15) is 19.4 Å². The summed E-state index contributed by atoms with van der Waals surface area (Å²) in [6, 6.07) is 10.4. The minimum absolute atomic E-state index is 0.242. The number of nitrogens with zero attached hydrogens (tertiary/aromatic N) is 1. The lowest BCUT2D eigenvalue weighted by Gasteiger charge is -2.31. The summed E-state index contributed by atoms with van der Waals surface area (Å²) in [6.07, 6.45) is -0.242. The molecule has 4 nitrogen and oxygen atoms in total. The van der Waals surface area contributed by atoms with Crippen LogP contribution in [0, 0.1) is 0 Å². The Kier molecular flexibility index (Phi) is 7.24. The number of carboxylic acids is 1. The SMILES string of the molecule is CC(=O)[O-].CC(O)C[N+](C)(C)Cc1ccccc1. The minimum atomic E-state index is -1.08. The highest BCUT2D eigenvalue weighted by molar-refractivity contribution is 5.60. The van der Waals surface area contributed by atoms with E-state index in [0.717, 1.165) is 24.5 Å². The maximum Gasteiger partial charge on any atom is 0.105 e.